The minimum absolute atomic E-state index is 0.0826. The Labute approximate surface area is 138 Å². The van der Waals surface area contributed by atoms with E-state index in [9.17, 15) is 9.59 Å². The number of rotatable bonds is 6. The van der Waals surface area contributed by atoms with Crippen LogP contribution in [0.2, 0.25) is 0 Å². The first-order chi connectivity index (χ1) is 11.1. The van der Waals surface area contributed by atoms with Gasteiger partial charge in [0.1, 0.15) is 6.04 Å². The fraction of sp³-hybridized carbons (Fsp3) is 0.556. The topological polar surface area (TPSA) is 70.2 Å². The summed E-state index contributed by atoms with van der Waals surface area (Å²) in [5.74, 6) is -0.204. The lowest BCUT2D eigenvalue weighted by atomic mass is 9.97. The summed E-state index contributed by atoms with van der Waals surface area (Å²) in [7, 11) is 0. The molecule has 0 spiro atoms. The summed E-state index contributed by atoms with van der Waals surface area (Å²) in [6.45, 7) is 5.83. The maximum atomic E-state index is 12.6. The molecule has 1 saturated heterocycles. The van der Waals surface area contributed by atoms with Gasteiger partial charge in [0.25, 0.3) is 5.91 Å². The summed E-state index contributed by atoms with van der Waals surface area (Å²) in [5, 5.41) is 9.26. The average Bonchev–Trinajstić information content (AvgIpc) is 2.60. The van der Waals surface area contributed by atoms with Gasteiger partial charge >= 0.3 is 0 Å². The number of carbonyl (C=O) groups excluding carboxylic acids is 2. The maximum absolute atomic E-state index is 12.6. The van der Waals surface area contributed by atoms with E-state index in [0.29, 0.717) is 5.56 Å². The van der Waals surface area contributed by atoms with Crippen molar-refractivity contribution in [3.05, 3.63) is 35.9 Å². The quantitative estimate of drug-likeness (QED) is 0.748. The first-order valence-corrected chi connectivity index (χ1v) is 8.48. The lowest BCUT2D eigenvalue weighted by molar-refractivity contribution is -0.125. The van der Waals surface area contributed by atoms with Crippen LogP contribution in [0, 0.1) is 5.92 Å². The monoisotopic (exact) mass is 317 g/mol. The molecule has 0 aromatic heterocycles. The Morgan fingerprint density at radius 1 is 1.30 bits per heavy atom. The molecule has 0 bridgehead atoms. The van der Waals surface area contributed by atoms with Crippen molar-refractivity contribution in [2.24, 2.45) is 5.92 Å². The first kappa shape index (κ1) is 17.5. The molecule has 23 heavy (non-hydrogen) atoms. The van der Waals surface area contributed by atoms with Crippen LogP contribution < -0.4 is 16.0 Å². The molecule has 1 aliphatic heterocycles. The molecule has 3 N–H and O–H groups in total. The van der Waals surface area contributed by atoms with Crippen molar-refractivity contribution in [3.8, 4) is 0 Å². The lowest BCUT2D eigenvalue weighted by Gasteiger charge is -2.29. The molecule has 1 aliphatic rings. The summed E-state index contributed by atoms with van der Waals surface area (Å²) in [6.07, 6.45) is 2.88. The molecule has 5 heteroatoms. The molecule has 5 nitrogen and oxygen atoms in total. The van der Waals surface area contributed by atoms with Crippen LogP contribution in [0.15, 0.2) is 30.3 Å². The van der Waals surface area contributed by atoms with Gasteiger partial charge in [-0.1, -0.05) is 38.5 Å². The second-order valence-corrected chi connectivity index (χ2v) is 6.25. The van der Waals surface area contributed by atoms with Crippen LogP contribution in [0.3, 0.4) is 0 Å². The van der Waals surface area contributed by atoms with Crippen molar-refractivity contribution in [1.29, 1.82) is 0 Å². The summed E-state index contributed by atoms with van der Waals surface area (Å²) in [4.78, 5) is 25.0. The number of amides is 2. The van der Waals surface area contributed by atoms with Crippen molar-refractivity contribution >= 4 is 11.8 Å². The van der Waals surface area contributed by atoms with E-state index < -0.39 is 6.04 Å². The highest BCUT2D eigenvalue weighted by Gasteiger charge is 2.28. The van der Waals surface area contributed by atoms with Gasteiger partial charge in [0.05, 0.1) is 0 Å². The Morgan fingerprint density at radius 2 is 2.04 bits per heavy atom. The van der Waals surface area contributed by atoms with Crippen molar-refractivity contribution in [1.82, 2.24) is 16.0 Å². The first-order valence-electron chi connectivity index (χ1n) is 8.48. The molecule has 0 aliphatic carbocycles. The van der Waals surface area contributed by atoms with Crippen LogP contribution in [0.1, 0.15) is 43.5 Å². The van der Waals surface area contributed by atoms with Gasteiger partial charge in [-0.05, 0) is 37.4 Å². The van der Waals surface area contributed by atoms with Gasteiger partial charge in [-0.2, -0.15) is 0 Å². The molecule has 2 amide bonds. The highest BCUT2D eigenvalue weighted by molar-refractivity contribution is 5.97. The molecule has 0 radical (unpaired) electrons. The van der Waals surface area contributed by atoms with Crippen LogP contribution >= 0.6 is 0 Å². The molecule has 1 aromatic rings. The maximum Gasteiger partial charge on any atom is 0.251 e. The predicted octanol–water partition coefficient (Wildman–Crippen LogP) is 1.70. The Balaban J connectivity index is 2.01. The zero-order valence-electron chi connectivity index (χ0n) is 14.0. The number of carbonyl (C=O) groups is 2. The van der Waals surface area contributed by atoms with E-state index in [1.807, 2.05) is 32.0 Å². The van der Waals surface area contributed by atoms with E-state index in [2.05, 4.69) is 16.0 Å². The zero-order valence-corrected chi connectivity index (χ0v) is 14.0. The number of piperidine rings is 1. The second-order valence-electron chi connectivity index (χ2n) is 6.25. The molecule has 2 rings (SSSR count). The number of nitrogens with one attached hydrogen (secondary N) is 3. The summed E-state index contributed by atoms with van der Waals surface area (Å²) >= 11 is 0. The van der Waals surface area contributed by atoms with Gasteiger partial charge < -0.3 is 16.0 Å². The van der Waals surface area contributed by atoms with Gasteiger partial charge in [-0.3, -0.25) is 9.59 Å². The van der Waals surface area contributed by atoms with E-state index in [-0.39, 0.29) is 23.8 Å². The van der Waals surface area contributed by atoms with Crippen LogP contribution in [0.5, 0.6) is 0 Å². The van der Waals surface area contributed by atoms with Crippen molar-refractivity contribution in [2.75, 3.05) is 13.1 Å². The van der Waals surface area contributed by atoms with E-state index in [1.165, 1.54) is 0 Å². The third-order valence-electron chi connectivity index (χ3n) is 4.46. The molecular weight excluding hydrogens is 290 g/mol. The number of hydrogen-bond donors (Lipinski definition) is 3. The Kier molecular flexibility index (Phi) is 6.59. The summed E-state index contributed by atoms with van der Waals surface area (Å²) < 4.78 is 0. The molecular formula is C18H27N3O2. The summed E-state index contributed by atoms with van der Waals surface area (Å²) in [6, 6.07) is 8.66. The van der Waals surface area contributed by atoms with Crippen molar-refractivity contribution < 1.29 is 9.59 Å². The van der Waals surface area contributed by atoms with Crippen LogP contribution in [0.25, 0.3) is 0 Å². The van der Waals surface area contributed by atoms with E-state index in [0.717, 1.165) is 32.4 Å². The van der Waals surface area contributed by atoms with E-state index in [1.54, 1.807) is 12.1 Å². The van der Waals surface area contributed by atoms with E-state index >= 15 is 0 Å². The molecule has 126 valence electrons. The van der Waals surface area contributed by atoms with Crippen molar-refractivity contribution in [2.45, 2.75) is 45.2 Å². The van der Waals surface area contributed by atoms with Gasteiger partial charge in [-0.25, -0.2) is 0 Å². The highest BCUT2D eigenvalue weighted by atomic mass is 16.2. The Morgan fingerprint density at radius 3 is 2.65 bits per heavy atom. The third kappa shape index (κ3) is 5.06. The fourth-order valence-electron chi connectivity index (χ4n) is 2.78. The minimum Gasteiger partial charge on any atom is -0.350 e. The smallest absolute Gasteiger partial charge is 0.251 e. The van der Waals surface area contributed by atoms with Gasteiger partial charge in [0.2, 0.25) is 5.91 Å². The normalized spacial score (nSPS) is 20.3. The van der Waals surface area contributed by atoms with Gasteiger partial charge in [0.15, 0.2) is 0 Å². The standard InChI is InChI=1S/C18H27N3O2/c1-3-13(2)16(18(23)20-15-10-7-11-19-12-15)21-17(22)14-8-5-4-6-9-14/h4-6,8-9,13,15-16,19H,3,7,10-12H2,1-2H3,(H,20,23)(H,21,22). The zero-order chi connectivity index (χ0) is 16.7. The van der Waals surface area contributed by atoms with Crippen molar-refractivity contribution in [3.63, 3.8) is 0 Å². The predicted molar refractivity (Wildman–Crippen MR) is 91.2 cm³/mol. The van der Waals surface area contributed by atoms with Crippen LogP contribution in [-0.4, -0.2) is 37.0 Å². The highest BCUT2D eigenvalue weighted by Crippen LogP contribution is 2.11. The average molecular weight is 317 g/mol. The van der Waals surface area contributed by atoms with Gasteiger partial charge in [-0.15, -0.1) is 0 Å². The van der Waals surface area contributed by atoms with Crippen LogP contribution in [-0.2, 0) is 4.79 Å². The lowest BCUT2D eigenvalue weighted by Crippen LogP contribution is -2.55. The van der Waals surface area contributed by atoms with Gasteiger partial charge in [0, 0.05) is 18.2 Å². The minimum atomic E-state index is -0.505. The Hall–Kier alpha value is -1.88. The molecule has 1 fully saturated rings. The SMILES string of the molecule is CCC(C)C(NC(=O)c1ccccc1)C(=O)NC1CCCNC1. The largest absolute Gasteiger partial charge is 0.350 e. The third-order valence-corrected chi connectivity index (χ3v) is 4.46. The Bertz CT molecular complexity index is 512. The second kappa shape index (κ2) is 8.67. The molecule has 0 saturated carbocycles. The molecule has 1 heterocycles. The summed E-state index contributed by atoms with van der Waals surface area (Å²) in [5.41, 5.74) is 0.577. The number of hydrogen-bond acceptors (Lipinski definition) is 3. The van der Waals surface area contributed by atoms with E-state index in [4.69, 9.17) is 0 Å². The molecule has 3 atom stereocenters. The molecule has 3 unspecified atom stereocenters. The molecule has 1 aromatic carbocycles. The van der Waals surface area contributed by atoms with Crippen LogP contribution in [0.4, 0.5) is 0 Å². The number of benzene rings is 1. The fourth-order valence-corrected chi connectivity index (χ4v) is 2.78.